The predicted molar refractivity (Wildman–Crippen MR) is 157 cm³/mol. The highest BCUT2D eigenvalue weighted by Gasteiger charge is 2.60. The molecule has 9 atom stereocenters. The summed E-state index contributed by atoms with van der Waals surface area (Å²) in [6, 6.07) is 3.73. The minimum absolute atomic E-state index is 0.0776. The van der Waals surface area contributed by atoms with Crippen LogP contribution in [-0.2, 0) is 0 Å². The lowest BCUT2D eigenvalue weighted by Gasteiger charge is -2.61. The van der Waals surface area contributed by atoms with Gasteiger partial charge in [0, 0.05) is 6.07 Å². The van der Waals surface area contributed by atoms with Crippen LogP contribution < -0.4 is 4.74 Å². The molecule has 1 aromatic rings. The molecule has 0 heterocycles. The SMILES string of the molecule is CC(C)CCC[C@@H](C)[C@H]1CC[C@H]2[C@@H]3CCC4CC(Oc5ccc([N+](=O)[O-])cc5[N+](=O)[O-])CC[C@]4(C)[C@H]3CC[C@]12C. The van der Waals surface area contributed by atoms with E-state index in [2.05, 4.69) is 34.6 Å². The van der Waals surface area contributed by atoms with E-state index < -0.39 is 9.85 Å². The molecule has 40 heavy (non-hydrogen) atoms. The second kappa shape index (κ2) is 11.2. The quantitative estimate of drug-likeness (QED) is 0.224. The number of ether oxygens (including phenoxy) is 1. The normalized spacial score (nSPS) is 37.8. The van der Waals surface area contributed by atoms with Crippen LogP contribution in [0.5, 0.6) is 5.75 Å². The lowest BCUT2D eigenvalue weighted by Crippen LogP contribution is -2.54. The second-order valence-corrected chi connectivity index (χ2v) is 14.9. The number of nitrogens with zero attached hydrogens (tertiary/aromatic N) is 2. The molecule has 5 rings (SSSR count). The van der Waals surface area contributed by atoms with Crippen molar-refractivity contribution in [3.8, 4) is 5.75 Å². The Morgan fingerprint density at radius 2 is 1.62 bits per heavy atom. The van der Waals surface area contributed by atoms with Gasteiger partial charge in [0.1, 0.15) is 0 Å². The first-order valence-electron chi connectivity index (χ1n) is 16.0. The number of rotatable bonds is 9. The van der Waals surface area contributed by atoms with Gasteiger partial charge in [0.05, 0.1) is 22.0 Å². The zero-order chi connectivity index (χ0) is 28.8. The first kappa shape index (κ1) is 29.3. The molecule has 0 N–H and O–H groups in total. The Morgan fingerprint density at radius 3 is 2.33 bits per heavy atom. The minimum atomic E-state index is -0.601. The summed E-state index contributed by atoms with van der Waals surface area (Å²) in [7, 11) is 0. The fourth-order valence-corrected chi connectivity index (χ4v) is 10.4. The number of fused-ring (bicyclic) bond motifs is 5. The van der Waals surface area contributed by atoms with Gasteiger partial charge in [-0.2, -0.15) is 0 Å². The molecule has 222 valence electrons. The molecule has 0 aromatic heterocycles. The zero-order valence-corrected chi connectivity index (χ0v) is 25.3. The predicted octanol–water partition coefficient (Wildman–Crippen LogP) is 9.37. The largest absolute Gasteiger partial charge is 0.483 e. The fraction of sp³-hybridized carbons (Fsp3) is 0.818. The standard InChI is InChI=1S/C33H50N2O5/c1-21(2)7-6-8-22(3)27-12-13-28-26-11-9-23-19-25(15-17-32(23,4)29(26)16-18-33(27,28)5)40-31-14-10-24(34(36)37)20-30(31)35(38)39/h10,14,20-23,25-29H,6-9,11-13,15-19H2,1-5H3/t22-,23?,25?,26+,27-,28+,29+,32+,33-/m1/s1. The van der Waals surface area contributed by atoms with E-state index in [4.69, 9.17) is 4.74 Å². The zero-order valence-electron chi connectivity index (χ0n) is 25.3. The van der Waals surface area contributed by atoms with E-state index in [1.807, 2.05) is 0 Å². The molecule has 4 aliphatic rings. The third-order valence-electron chi connectivity index (χ3n) is 12.5. The Bertz CT molecular complexity index is 1110. The van der Waals surface area contributed by atoms with E-state index in [-0.39, 0.29) is 23.2 Å². The summed E-state index contributed by atoms with van der Waals surface area (Å²) < 4.78 is 6.22. The Hall–Kier alpha value is -2.18. The Labute approximate surface area is 240 Å². The van der Waals surface area contributed by atoms with Crippen molar-refractivity contribution in [3.05, 3.63) is 38.4 Å². The maximum Gasteiger partial charge on any atom is 0.317 e. The van der Waals surface area contributed by atoms with E-state index in [1.54, 1.807) is 0 Å². The van der Waals surface area contributed by atoms with E-state index in [0.717, 1.165) is 60.8 Å². The molecule has 2 unspecified atom stereocenters. The van der Waals surface area contributed by atoms with Crippen LogP contribution >= 0.6 is 0 Å². The van der Waals surface area contributed by atoms with Gasteiger partial charge in [0.2, 0.25) is 0 Å². The van der Waals surface area contributed by atoms with Crippen LogP contribution in [0.4, 0.5) is 11.4 Å². The molecule has 1 aromatic carbocycles. The van der Waals surface area contributed by atoms with Gasteiger partial charge in [0.25, 0.3) is 5.69 Å². The van der Waals surface area contributed by atoms with Crippen molar-refractivity contribution in [2.24, 2.45) is 52.3 Å². The van der Waals surface area contributed by atoms with Crippen molar-refractivity contribution in [2.45, 2.75) is 118 Å². The van der Waals surface area contributed by atoms with Gasteiger partial charge in [-0.1, -0.05) is 53.9 Å². The molecular formula is C33H50N2O5. The van der Waals surface area contributed by atoms with Crippen LogP contribution in [0.15, 0.2) is 18.2 Å². The van der Waals surface area contributed by atoms with Gasteiger partial charge in [-0.05, 0) is 116 Å². The highest BCUT2D eigenvalue weighted by atomic mass is 16.6. The molecule has 0 aliphatic heterocycles. The van der Waals surface area contributed by atoms with E-state index >= 15 is 0 Å². The summed E-state index contributed by atoms with van der Waals surface area (Å²) in [6.45, 7) is 12.4. The first-order valence-corrected chi connectivity index (χ1v) is 16.0. The van der Waals surface area contributed by atoms with Crippen LogP contribution in [0.2, 0.25) is 0 Å². The van der Waals surface area contributed by atoms with Crippen LogP contribution in [-0.4, -0.2) is 16.0 Å². The van der Waals surface area contributed by atoms with E-state index in [1.165, 1.54) is 69.9 Å². The Kier molecular flexibility index (Phi) is 8.24. The molecule has 4 saturated carbocycles. The van der Waals surface area contributed by atoms with Crippen molar-refractivity contribution in [1.82, 2.24) is 0 Å². The van der Waals surface area contributed by atoms with E-state index in [9.17, 15) is 20.2 Å². The molecule has 0 saturated heterocycles. The molecule has 0 bridgehead atoms. The molecule has 7 nitrogen and oxygen atoms in total. The minimum Gasteiger partial charge on any atom is -0.483 e. The van der Waals surface area contributed by atoms with Crippen molar-refractivity contribution < 1.29 is 14.6 Å². The average molecular weight is 555 g/mol. The third-order valence-corrected chi connectivity index (χ3v) is 12.5. The van der Waals surface area contributed by atoms with Gasteiger partial charge >= 0.3 is 5.69 Å². The maximum atomic E-state index is 11.6. The van der Waals surface area contributed by atoms with Gasteiger partial charge in [-0.15, -0.1) is 0 Å². The summed E-state index contributed by atoms with van der Waals surface area (Å²) in [4.78, 5) is 21.6. The Morgan fingerprint density at radius 1 is 0.900 bits per heavy atom. The van der Waals surface area contributed by atoms with Crippen molar-refractivity contribution >= 4 is 11.4 Å². The topological polar surface area (TPSA) is 95.5 Å². The molecule has 4 fully saturated rings. The number of benzene rings is 1. The summed E-state index contributed by atoms with van der Waals surface area (Å²) in [5.41, 5.74) is 0.215. The fourth-order valence-electron chi connectivity index (χ4n) is 10.4. The summed E-state index contributed by atoms with van der Waals surface area (Å²) in [6.07, 6.45) is 15.0. The average Bonchev–Trinajstić information content (AvgIpc) is 3.26. The van der Waals surface area contributed by atoms with Crippen molar-refractivity contribution in [3.63, 3.8) is 0 Å². The smallest absolute Gasteiger partial charge is 0.317 e. The van der Waals surface area contributed by atoms with Gasteiger partial charge in [0.15, 0.2) is 5.75 Å². The number of nitro benzene ring substituents is 2. The number of hydrogen-bond donors (Lipinski definition) is 0. The van der Waals surface area contributed by atoms with Gasteiger partial charge < -0.3 is 4.74 Å². The second-order valence-electron chi connectivity index (χ2n) is 14.9. The Balaban J connectivity index is 1.25. The van der Waals surface area contributed by atoms with Crippen molar-refractivity contribution in [1.29, 1.82) is 0 Å². The van der Waals surface area contributed by atoms with Crippen molar-refractivity contribution in [2.75, 3.05) is 0 Å². The number of non-ortho nitro benzene ring substituents is 1. The highest BCUT2D eigenvalue weighted by molar-refractivity contribution is 5.53. The summed E-state index contributed by atoms with van der Waals surface area (Å²) >= 11 is 0. The molecular weight excluding hydrogens is 504 g/mol. The number of nitro groups is 2. The van der Waals surface area contributed by atoms with Gasteiger partial charge in [-0.25, -0.2) is 0 Å². The molecule has 0 radical (unpaired) electrons. The molecule has 0 spiro atoms. The van der Waals surface area contributed by atoms with Crippen LogP contribution in [0, 0.1) is 72.5 Å². The first-order chi connectivity index (χ1) is 18.9. The lowest BCUT2D eigenvalue weighted by atomic mass is 9.44. The monoisotopic (exact) mass is 554 g/mol. The van der Waals surface area contributed by atoms with E-state index in [0.29, 0.717) is 16.7 Å². The molecule has 7 heteroatoms. The van der Waals surface area contributed by atoms with Crippen LogP contribution in [0.3, 0.4) is 0 Å². The summed E-state index contributed by atoms with van der Waals surface area (Å²) in [5.74, 6) is 5.70. The van der Waals surface area contributed by atoms with Crippen LogP contribution in [0.25, 0.3) is 0 Å². The summed E-state index contributed by atoms with van der Waals surface area (Å²) in [5, 5.41) is 22.8. The van der Waals surface area contributed by atoms with Crippen LogP contribution in [0.1, 0.15) is 112 Å². The number of hydrogen-bond acceptors (Lipinski definition) is 5. The van der Waals surface area contributed by atoms with Gasteiger partial charge in [-0.3, -0.25) is 20.2 Å². The third kappa shape index (κ3) is 5.27. The molecule has 4 aliphatic carbocycles. The molecule has 0 amide bonds. The highest BCUT2D eigenvalue weighted by Crippen LogP contribution is 2.68. The maximum absolute atomic E-state index is 11.6. The lowest BCUT2D eigenvalue weighted by molar-refractivity contribution is -0.394.